The molecule has 0 bridgehead atoms. The monoisotopic (exact) mass is 439 g/mol. The highest BCUT2D eigenvalue weighted by Crippen LogP contribution is 2.42. The van der Waals surface area contributed by atoms with Gasteiger partial charge in [0.05, 0.1) is 6.54 Å². The van der Waals surface area contributed by atoms with E-state index in [-0.39, 0.29) is 12.5 Å². The lowest BCUT2D eigenvalue weighted by Crippen LogP contribution is -2.21. The molecule has 1 fully saturated rings. The topological polar surface area (TPSA) is 64.7 Å². The number of amides is 1. The van der Waals surface area contributed by atoms with Crippen LogP contribution in [0.15, 0.2) is 60.8 Å². The summed E-state index contributed by atoms with van der Waals surface area (Å²) in [5.74, 6) is -0.100. The minimum Gasteiger partial charge on any atom is -0.308 e. The predicted octanol–water partition coefficient (Wildman–Crippen LogP) is 4.82. The second-order valence-electron chi connectivity index (χ2n) is 7.97. The average Bonchev–Trinajstić information content (AvgIpc) is 3.36. The van der Waals surface area contributed by atoms with Crippen LogP contribution in [-0.2, 0) is 24.1 Å². The van der Waals surface area contributed by atoms with Crippen molar-refractivity contribution < 1.29 is 18.0 Å². The molecular weight excluding hydrogens is 419 g/mol. The third kappa shape index (κ3) is 4.23. The van der Waals surface area contributed by atoms with E-state index in [1.807, 2.05) is 42.5 Å². The summed E-state index contributed by atoms with van der Waals surface area (Å²) in [6.45, 7) is 0.231. The molecular formula is C23H20F3N5O. The van der Waals surface area contributed by atoms with Crippen molar-refractivity contribution in [1.82, 2.24) is 19.6 Å². The number of carbonyl (C=O) groups excluding carboxylic acids is 1. The Morgan fingerprint density at radius 2 is 1.84 bits per heavy atom. The summed E-state index contributed by atoms with van der Waals surface area (Å²) in [5, 5.41) is 12.9. The molecule has 6 nitrogen and oxygen atoms in total. The molecule has 164 valence electrons. The summed E-state index contributed by atoms with van der Waals surface area (Å²) in [6, 6.07) is 16.8. The number of nitrogens with zero attached hydrogens (tertiary/aromatic N) is 4. The number of nitrogens with one attached hydrogen (secondary N) is 1. The second-order valence-corrected chi connectivity index (χ2v) is 7.97. The van der Waals surface area contributed by atoms with E-state index in [0.717, 1.165) is 39.9 Å². The van der Waals surface area contributed by atoms with Gasteiger partial charge in [0.2, 0.25) is 5.91 Å². The Kier molecular flexibility index (Phi) is 4.96. The van der Waals surface area contributed by atoms with Crippen molar-refractivity contribution >= 4 is 22.5 Å². The molecule has 1 saturated carbocycles. The second kappa shape index (κ2) is 7.81. The van der Waals surface area contributed by atoms with Gasteiger partial charge in [0.25, 0.3) is 0 Å². The maximum absolute atomic E-state index is 13.0. The van der Waals surface area contributed by atoms with Crippen LogP contribution >= 0.6 is 0 Å². The highest BCUT2D eigenvalue weighted by molar-refractivity contribution is 5.89. The maximum Gasteiger partial charge on any atom is 0.435 e. The quantitative estimate of drug-likeness (QED) is 0.469. The first-order valence-corrected chi connectivity index (χ1v) is 10.3. The minimum atomic E-state index is -4.54. The van der Waals surface area contributed by atoms with E-state index >= 15 is 0 Å². The van der Waals surface area contributed by atoms with Crippen molar-refractivity contribution in [2.45, 2.75) is 38.0 Å². The molecule has 2 aromatic heterocycles. The van der Waals surface area contributed by atoms with E-state index in [1.165, 1.54) is 0 Å². The lowest BCUT2D eigenvalue weighted by atomic mass is 10.0. The molecule has 1 aliphatic carbocycles. The molecule has 1 N–H and O–H groups in total. The number of hydrogen-bond donors (Lipinski definition) is 1. The van der Waals surface area contributed by atoms with Gasteiger partial charge >= 0.3 is 6.18 Å². The van der Waals surface area contributed by atoms with Gasteiger partial charge in [-0.2, -0.15) is 23.4 Å². The Morgan fingerprint density at radius 3 is 2.62 bits per heavy atom. The minimum absolute atomic E-state index is 0.0336. The first-order chi connectivity index (χ1) is 15.4. The molecule has 0 aliphatic heterocycles. The third-order valence-electron chi connectivity index (χ3n) is 5.51. The molecule has 0 unspecified atom stereocenters. The molecule has 1 aliphatic rings. The van der Waals surface area contributed by atoms with Gasteiger partial charge in [-0.15, -0.1) is 0 Å². The van der Waals surface area contributed by atoms with Crippen LogP contribution in [0.5, 0.6) is 0 Å². The fraction of sp³-hybridized carbons (Fsp3) is 0.261. The van der Waals surface area contributed by atoms with Crippen molar-refractivity contribution in [1.29, 1.82) is 0 Å². The molecule has 0 saturated heterocycles. The van der Waals surface area contributed by atoms with Crippen LogP contribution in [0, 0.1) is 0 Å². The van der Waals surface area contributed by atoms with Crippen LogP contribution in [0.2, 0.25) is 0 Å². The van der Waals surface area contributed by atoms with Gasteiger partial charge < -0.3 is 5.32 Å². The number of aromatic nitrogens is 4. The number of alkyl halides is 3. The van der Waals surface area contributed by atoms with Gasteiger partial charge in [0.1, 0.15) is 6.54 Å². The average molecular weight is 439 g/mol. The normalized spacial score (nSPS) is 14.1. The Morgan fingerprint density at radius 1 is 1.06 bits per heavy atom. The van der Waals surface area contributed by atoms with Gasteiger partial charge in [-0.05, 0) is 35.2 Å². The first kappa shape index (κ1) is 20.3. The van der Waals surface area contributed by atoms with Crippen molar-refractivity contribution in [3.05, 3.63) is 77.7 Å². The zero-order valence-corrected chi connectivity index (χ0v) is 17.0. The number of anilines is 1. The maximum atomic E-state index is 13.0. The van der Waals surface area contributed by atoms with Crippen molar-refractivity contribution in [2.75, 3.05) is 5.32 Å². The summed E-state index contributed by atoms with van der Waals surface area (Å²) in [6.07, 6.45) is -1.17. The van der Waals surface area contributed by atoms with Gasteiger partial charge in [-0.3, -0.25) is 14.2 Å². The van der Waals surface area contributed by atoms with Crippen molar-refractivity contribution in [3.63, 3.8) is 0 Å². The fourth-order valence-electron chi connectivity index (χ4n) is 3.84. The molecule has 2 aromatic carbocycles. The molecule has 2 heterocycles. The molecule has 32 heavy (non-hydrogen) atoms. The first-order valence-electron chi connectivity index (χ1n) is 10.3. The number of fused-ring (bicyclic) bond motifs is 1. The zero-order valence-electron chi connectivity index (χ0n) is 17.0. The van der Waals surface area contributed by atoms with E-state index in [4.69, 9.17) is 0 Å². The van der Waals surface area contributed by atoms with Gasteiger partial charge in [-0.1, -0.05) is 42.5 Å². The van der Waals surface area contributed by atoms with E-state index in [2.05, 4.69) is 15.5 Å². The standard InChI is InChI=1S/C23H20F3N5O/c24-23(25,26)20-12-19(16-8-9-16)31(28-20)14-22(32)27-21-10-11-30(29-21)13-17-6-3-5-15-4-1-2-7-18(15)17/h1-7,10-12,16H,8-9,13-14H2,(H,27,29,32). The highest BCUT2D eigenvalue weighted by Gasteiger charge is 2.38. The molecule has 9 heteroatoms. The van der Waals surface area contributed by atoms with Crippen molar-refractivity contribution in [3.8, 4) is 0 Å². The number of hydrogen-bond acceptors (Lipinski definition) is 3. The fourth-order valence-corrected chi connectivity index (χ4v) is 3.84. The molecule has 1 amide bonds. The largest absolute Gasteiger partial charge is 0.435 e. The van der Waals surface area contributed by atoms with Gasteiger partial charge in [0, 0.05) is 23.9 Å². The molecule has 5 rings (SSSR count). The van der Waals surface area contributed by atoms with Gasteiger partial charge in [-0.25, -0.2) is 0 Å². The molecule has 0 spiro atoms. The Balaban J connectivity index is 1.28. The van der Waals surface area contributed by atoms with Crippen LogP contribution in [0.1, 0.15) is 35.7 Å². The van der Waals surface area contributed by atoms with E-state index in [0.29, 0.717) is 18.1 Å². The lowest BCUT2D eigenvalue weighted by molar-refractivity contribution is -0.141. The predicted molar refractivity (Wildman–Crippen MR) is 113 cm³/mol. The Labute approximate surface area is 181 Å². The summed E-state index contributed by atoms with van der Waals surface area (Å²) in [4.78, 5) is 12.5. The summed E-state index contributed by atoms with van der Waals surface area (Å²) in [7, 11) is 0. The number of halogens is 3. The van der Waals surface area contributed by atoms with Gasteiger partial charge in [0.15, 0.2) is 11.5 Å². The lowest BCUT2D eigenvalue weighted by Gasteiger charge is -2.08. The molecule has 0 atom stereocenters. The molecule has 0 radical (unpaired) electrons. The van der Waals surface area contributed by atoms with Crippen LogP contribution in [-0.4, -0.2) is 25.5 Å². The SMILES string of the molecule is O=C(Cn1nc(C(F)(F)F)cc1C1CC1)Nc1ccn(Cc2cccc3ccccc23)n1. The van der Waals surface area contributed by atoms with Crippen LogP contribution in [0.25, 0.3) is 10.8 Å². The Bertz CT molecular complexity index is 1280. The number of carbonyl (C=O) groups is 1. The van der Waals surface area contributed by atoms with Crippen LogP contribution < -0.4 is 5.32 Å². The summed E-state index contributed by atoms with van der Waals surface area (Å²) in [5.41, 5.74) is 0.579. The summed E-state index contributed by atoms with van der Waals surface area (Å²) < 4.78 is 42.0. The van der Waals surface area contributed by atoms with E-state index in [1.54, 1.807) is 16.9 Å². The van der Waals surface area contributed by atoms with Crippen LogP contribution in [0.4, 0.5) is 19.0 Å². The molecule has 4 aromatic rings. The smallest absolute Gasteiger partial charge is 0.308 e. The Hall–Kier alpha value is -3.62. The zero-order chi connectivity index (χ0) is 22.3. The van der Waals surface area contributed by atoms with E-state index < -0.39 is 17.8 Å². The number of rotatable bonds is 6. The third-order valence-corrected chi connectivity index (χ3v) is 5.51. The van der Waals surface area contributed by atoms with Crippen LogP contribution in [0.3, 0.4) is 0 Å². The van der Waals surface area contributed by atoms with E-state index in [9.17, 15) is 18.0 Å². The highest BCUT2D eigenvalue weighted by atomic mass is 19.4. The van der Waals surface area contributed by atoms with Crippen molar-refractivity contribution in [2.24, 2.45) is 0 Å². The number of benzene rings is 2. The summed E-state index contributed by atoms with van der Waals surface area (Å²) >= 11 is 0.